The molecule has 0 bridgehead atoms. The Morgan fingerprint density at radius 3 is 2.73 bits per heavy atom. The molecule has 0 aromatic carbocycles. The highest BCUT2D eigenvalue weighted by atomic mass is 16.5. The molecule has 0 aromatic rings. The normalized spacial score (nSPS) is 19.6. The summed E-state index contributed by atoms with van der Waals surface area (Å²) in [6.07, 6.45) is 6.91. The van der Waals surface area contributed by atoms with E-state index >= 15 is 0 Å². The molecular weight excluding hydrogens is 190 g/mol. The first-order chi connectivity index (χ1) is 7.33. The Morgan fingerprint density at radius 1 is 1.33 bits per heavy atom. The summed E-state index contributed by atoms with van der Waals surface area (Å²) in [5, 5.41) is 3.40. The van der Waals surface area contributed by atoms with Crippen LogP contribution in [0.1, 0.15) is 39.0 Å². The summed E-state index contributed by atoms with van der Waals surface area (Å²) in [7, 11) is 1.74. The second-order valence-electron chi connectivity index (χ2n) is 4.44. The Morgan fingerprint density at radius 2 is 2.07 bits per heavy atom. The Hall–Kier alpha value is -0.120. The van der Waals surface area contributed by atoms with Crippen molar-refractivity contribution in [2.24, 2.45) is 0 Å². The predicted octanol–water partition coefficient (Wildman–Crippen LogP) is 1.96. The van der Waals surface area contributed by atoms with Crippen LogP contribution in [0.2, 0.25) is 0 Å². The van der Waals surface area contributed by atoms with Crippen molar-refractivity contribution in [1.82, 2.24) is 5.32 Å². The van der Waals surface area contributed by atoms with Crippen molar-refractivity contribution >= 4 is 0 Å². The molecule has 3 nitrogen and oxygen atoms in total. The highest BCUT2D eigenvalue weighted by Crippen LogP contribution is 2.20. The van der Waals surface area contributed by atoms with Crippen LogP contribution in [-0.2, 0) is 9.47 Å². The van der Waals surface area contributed by atoms with Gasteiger partial charge in [-0.15, -0.1) is 0 Å². The van der Waals surface area contributed by atoms with Crippen LogP contribution >= 0.6 is 0 Å². The van der Waals surface area contributed by atoms with E-state index in [0.717, 1.165) is 26.2 Å². The van der Waals surface area contributed by atoms with E-state index in [1.165, 1.54) is 25.7 Å². The first-order valence-electron chi connectivity index (χ1n) is 6.17. The van der Waals surface area contributed by atoms with Gasteiger partial charge in [-0.3, -0.25) is 0 Å². The van der Waals surface area contributed by atoms with Crippen LogP contribution in [0.4, 0.5) is 0 Å². The van der Waals surface area contributed by atoms with Gasteiger partial charge in [0, 0.05) is 19.8 Å². The molecule has 0 saturated heterocycles. The lowest BCUT2D eigenvalue weighted by atomic mass is 10.3. The maximum Gasteiger partial charge on any atom is 0.0613 e. The van der Waals surface area contributed by atoms with Gasteiger partial charge in [0.1, 0.15) is 0 Å². The summed E-state index contributed by atoms with van der Waals surface area (Å²) in [5.41, 5.74) is 0. The maximum absolute atomic E-state index is 5.77. The summed E-state index contributed by atoms with van der Waals surface area (Å²) in [6, 6.07) is 0.446. The third kappa shape index (κ3) is 6.13. The van der Waals surface area contributed by atoms with Crippen LogP contribution in [0.15, 0.2) is 0 Å². The minimum absolute atomic E-state index is 0.446. The second kappa shape index (κ2) is 8.08. The van der Waals surface area contributed by atoms with Gasteiger partial charge in [-0.25, -0.2) is 0 Å². The average Bonchev–Trinajstić information content (AvgIpc) is 2.70. The van der Waals surface area contributed by atoms with Gasteiger partial charge in [0.25, 0.3) is 0 Å². The van der Waals surface area contributed by atoms with E-state index in [-0.39, 0.29) is 0 Å². The number of methoxy groups -OCH3 is 1. The molecule has 1 saturated carbocycles. The van der Waals surface area contributed by atoms with Gasteiger partial charge >= 0.3 is 0 Å². The fraction of sp³-hybridized carbons (Fsp3) is 1.00. The molecule has 1 aliphatic rings. The van der Waals surface area contributed by atoms with Crippen molar-refractivity contribution in [3.8, 4) is 0 Å². The molecule has 0 aliphatic heterocycles. The van der Waals surface area contributed by atoms with E-state index in [1.54, 1.807) is 7.11 Å². The molecule has 0 heterocycles. The molecule has 1 N–H and O–H groups in total. The Kier molecular flexibility index (Phi) is 6.98. The molecule has 0 aromatic heterocycles. The zero-order valence-corrected chi connectivity index (χ0v) is 10.1. The molecule has 3 heteroatoms. The summed E-state index contributed by atoms with van der Waals surface area (Å²) < 4.78 is 10.8. The second-order valence-corrected chi connectivity index (χ2v) is 4.44. The van der Waals surface area contributed by atoms with Gasteiger partial charge in [0.2, 0.25) is 0 Å². The van der Waals surface area contributed by atoms with Crippen LogP contribution < -0.4 is 5.32 Å². The van der Waals surface area contributed by atoms with Crippen molar-refractivity contribution in [1.29, 1.82) is 0 Å². The molecule has 1 fully saturated rings. The molecule has 1 unspecified atom stereocenters. The van der Waals surface area contributed by atoms with E-state index in [0.29, 0.717) is 12.1 Å². The van der Waals surface area contributed by atoms with E-state index in [2.05, 4.69) is 12.2 Å². The topological polar surface area (TPSA) is 30.5 Å². The summed E-state index contributed by atoms with van der Waals surface area (Å²) in [6.45, 7) is 4.85. The smallest absolute Gasteiger partial charge is 0.0613 e. The van der Waals surface area contributed by atoms with Crippen LogP contribution in [0, 0.1) is 0 Å². The molecular formula is C12H25NO2. The van der Waals surface area contributed by atoms with E-state index in [4.69, 9.17) is 9.47 Å². The van der Waals surface area contributed by atoms with Crippen LogP contribution in [0.25, 0.3) is 0 Å². The van der Waals surface area contributed by atoms with Crippen molar-refractivity contribution in [3.63, 3.8) is 0 Å². The van der Waals surface area contributed by atoms with E-state index < -0.39 is 0 Å². The largest absolute Gasteiger partial charge is 0.383 e. The van der Waals surface area contributed by atoms with Crippen molar-refractivity contribution in [2.75, 3.05) is 26.9 Å². The van der Waals surface area contributed by atoms with Crippen molar-refractivity contribution in [2.45, 2.75) is 51.2 Å². The number of nitrogens with one attached hydrogen (secondary N) is 1. The van der Waals surface area contributed by atoms with E-state index in [9.17, 15) is 0 Å². The third-order valence-electron chi connectivity index (χ3n) is 2.89. The highest BCUT2D eigenvalue weighted by molar-refractivity contribution is 4.66. The minimum Gasteiger partial charge on any atom is -0.383 e. The first-order valence-corrected chi connectivity index (χ1v) is 6.17. The molecule has 0 amide bonds. The average molecular weight is 215 g/mol. The zero-order chi connectivity index (χ0) is 10.9. The van der Waals surface area contributed by atoms with Crippen LogP contribution in [-0.4, -0.2) is 39.0 Å². The van der Waals surface area contributed by atoms with Gasteiger partial charge in [0.15, 0.2) is 0 Å². The molecule has 15 heavy (non-hydrogen) atoms. The number of ether oxygens (including phenoxy) is 2. The Labute approximate surface area is 93.5 Å². The first kappa shape index (κ1) is 12.9. The van der Waals surface area contributed by atoms with Gasteiger partial charge < -0.3 is 14.8 Å². The lowest BCUT2D eigenvalue weighted by Gasteiger charge is -2.14. The maximum atomic E-state index is 5.77. The molecule has 0 spiro atoms. The summed E-state index contributed by atoms with van der Waals surface area (Å²) in [5.74, 6) is 0. The molecule has 1 atom stereocenters. The fourth-order valence-electron chi connectivity index (χ4n) is 2.03. The Bertz CT molecular complexity index is 147. The lowest BCUT2D eigenvalue weighted by Crippen LogP contribution is -2.31. The molecule has 1 rings (SSSR count). The summed E-state index contributed by atoms with van der Waals surface area (Å²) >= 11 is 0. The zero-order valence-electron chi connectivity index (χ0n) is 10.1. The number of rotatable bonds is 8. The monoisotopic (exact) mass is 215 g/mol. The third-order valence-corrected chi connectivity index (χ3v) is 2.89. The molecule has 90 valence electrons. The van der Waals surface area contributed by atoms with Gasteiger partial charge in [0.05, 0.1) is 12.7 Å². The molecule has 1 aliphatic carbocycles. The SMILES string of the molecule is COCC(C)NCCCOC1CCCC1. The fourth-order valence-corrected chi connectivity index (χ4v) is 2.03. The van der Waals surface area contributed by atoms with Crippen LogP contribution in [0.3, 0.4) is 0 Å². The Balaban J connectivity index is 1.84. The predicted molar refractivity (Wildman–Crippen MR) is 62.2 cm³/mol. The standard InChI is InChI=1S/C12H25NO2/c1-11(10-14-2)13-8-5-9-15-12-6-3-4-7-12/h11-13H,3-10H2,1-2H3. The van der Waals surface area contributed by atoms with Gasteiger partial charge in [-0.2, -0.15) is 0 Å². The highest BCUT2D eigenvalue weighted by Gasteiger charge is 2.14. The van der Waals surface area contributed by atoms with Crippen molar-refractivity contribution in [3.05, 3.63) is 0 Å². The summed E-state index contributed by atoms with van der Waals surface area (Å²) in [4.78, 5) is 0. The van der Waals surface area contributed by atoms with Gasteiger partial charge in [-0.05, 0) is 32.7 Å². The lowest BCUT2D eigenvalue weighted by molar-refractivity contribution is 0.0561. The number of hydrogen-bond acceptors (Lipinski definition) is 3. The quantitative estimate of drug-likeness (QED) is 0.628. The van der Waals surface area contributed by atoms with Crippen molar-refractivity contribution < 1.29 is 9.47 Å². The van der Waals surface area contributed by atoms with Crippen LogP contribution in [0.5, 0.6) is 0 Å². The number of hydrogen-bond donors (Lipinski definition) is 1. The van der Waals surface area contributed by atoms with Gasteiger partial charge in [-0.1, -0.05) is 12.8 Å². The van der Waals surface area contributed by atoms with E-state index in [1.807, 2.05) is 0 Å². The minimum atomic E-state index is 0.446. The molecule has 0 radical (unpaired) electrons.